The van der Waals surface area contributed by atoms with Crippen molar-refractivity contribution in [2.75, 3.05) is 13.2 Å². The molecule has 0 aromatic carbocycles. The zero-order chi connectivity index (χ0) is 13.0. The van der Waals surface area contributed by atoms with Crippen molar-refractivity contribution in [1.29, 1.82) is 0 Å². The lowest BCUT2D eigenvalue weighted by Crippen LogP contribution is -2.68. The second kappa shape index (κ2) is 7.67. The number of rotatable bonds is 6. The van der Waals surface area contributed by atoms with Crippen molar-refractivity contribution in [2.45, 2.75) is 64.5 Å². The molecule has 0 aromatic rings. The highest BCUT2D eigenvalue weighted by Crippen LogP contribution is 2.57. The number of hydrogen-bond acceptors (Lipinski definition) is 2. The largest absolute Gasteiger partial charge is 0.378 e. The van der Waals surface area contributed by atoms with Gasteiger partial charge in [-0.15, -0.1) is 24.0 Å². The Morgan fingerprint density at radius 3 is 2.68 bits per heavy atom. The van der Waals surface area contributed by atoms with Gasteiger partial charge in [0.15, 0.2) is 5.96 Å². The highest BCUT2D eigenvalue weighted by molar-refractivity contribution is 14.0. The number of unbranched alkanes of at least 4 members (excludes halogenated alkanes) is 1. The Morgan fingerprint density at radius 2 is 2.16 bits per heavy atom. The Balaban J connectivity index is 0.00000180. The number of nitrogens with zero attached hydrogens (tertiary/aromatic N) is 1. The average Bonchev–Trinajstić information content (AvgIpc) is 2.25. The Labute approximate surface area is 134 Å². The molecule has 3 N–H and O–H groups in total. The van der Waals surface area contributed by atoms with Crippen LogP contribution in [0.25, 0.3) is 0 Å². The Morgan fingerprint density at radius 1 is 1.42 bits per heavy atom. The van der Waals surface area contributed by atoms with Gasteiger partial charge in [-0.25, -0.2) is 0 Å². The van der Waals surface area contributed by atoms with Crippen LogP contribution in [-0.2, 0) is 4.74 Å². The van der Waals surface area contributed by atoms with E-state index in [1.54, 1.807) is 0 Å². The summed E-state index contributed by atoms with van der Waals surface area (Å²) in [6, 6.07) is 0.480. The molecule has 1 spiro atoms. The second-order valence-corrected chi connectivity index (χ2v) is 5.58. The van der Waals surface area contributed by atoms with Crippen molar-refractivity contribution in [2.24, 2.45) is 16.1 Å². The predicted octanol–water partition coefficient (Wildman–Crippen LogP) is 2.66. The summed E-state index contributed by atoms with van der Waals surface area (Å²) in [5, 5.41) is 3.40. The molecule has 112 valence electrons. The van der Waals surface area contributed by atoms with E-state index in [0.717, 1.165) is 32.4 Å². The first-order chi connectivity index (χ1) is 8.73. The summed E-state index contributed by atoms with van der Waals surface area (Å²) in [7, 11) is 0. The van der Waals surface area contributed by atoms with Gasteiger partial charge < -0.3 is 15.8 Å². The van der Waals surface area contributed by atoms with Gasteiger partial charge in [-0.2, -0.15) is 0 Å². The molecule has 2 fully saturated rings. The van der Waals surface area contributed by atoms with Crippen LogP contribution in [0.2, 0.25) is 0 Å². The summed E-state index contributed by atoms with van der Waals surface area (Å²) >= 11 is 0. The first-order valence-electron chi connectivity index (χ1n) is 7.41. The summed E-state index contributed by atoms with van der Waals surface area (Å²) in [5.41, 5.74) is 6.30. The molecule has 2 saturated carbocycles. The molecule has 0 saturated heterocycles. The van der Waals surface area contributed by atoms with E-state index in [0.29, 0.717) is 23.5 Å². The van der Waals surface area contributed by atoms with Crippen molar-refractivity contribution in [1.82, 2.24) is 5.32 Å². The Hall–Kier alpha value is -0.0400. The van der Waals surface area contributed by atoms with E-state index in [1.165, 1.54) is 19.3 Å². The van der Waals surface area contributed by atoms with E-state index < -0.39 is 0 Å². The van der Waals surface area contributed by atoms with Gasteiger partial charge in [0.2, 0.25) is 0 Å². The maximum Gasteiger partial charge on any atom is 0.188 e. The van der Waals surface area contributed by atoms with E-state index in [2.05, 4.69) is 24.2 Å². The molecular weight excluding hydrogens is 353 g/mol. The third-order valence-electron chi connectivity index (χ3n) is 4.55. The van der Waals surface area contributed by atoms with Crippen molar-refractivity contribution < 1.29 is 4.74 Å². The lowest BCUT2D eigenvalue weighted by atomic mass is 9.51. The molecule has 0 bridgehead atoms. The molecule has 0 heterocycles. The number of ether oxygens (including phenoxy) is 1. The van der Waals surface area contributed by atoms with E-state index in [-0.39, 0.29) is 24.0 Å². The topological polar surface area (TPSA) is 59.6 Å². The number of halogens is 1. The molecule has 2 unspecified atom stereocenters. The van der Waals surface area contributed by atoms with Crippen LogP contribution >= 0.6 is 24.0 Å². The van der Waals surface area contributed by atoms with Crippen LogP contribution < -0.4 is 11.1 Å². The maximum atomic E-state index is 5.94. The molecule has 2 aliphatic carbocycles. The number of nitrogens with two attached hydrogens (primary N) is 1. The second-order valence-electron chi connectivity index (χ2n) is 5.58. The van der Waals surface area contributed by atoms with Crippen LogP contribution in [0, 0.1) is 5.41 Å². The zero-order valence-corrected chi connectivity index (χ0v) is 14.5. The van der Waals surface area contributed by atoms with Crippen molar-refractivity contribution >= 4 is 29.9 Å². The molecule has 0 aromatic heterocycles. The minimum Gasteiger partial charge on any atom is -0.378 e. The molecule has 0 radical (unpaired) electrons. The zero-order valence-electron chi connectivity index (χ0n) is 12.2. The summed E-state index contributed by atoms with van der Waals surface area (Å²) in [5.74, 6) is 0.620. The highest BCUT2D eigenvalue weighted by atomic mass is 127. The van der Waals surface area contributed by atoms with E-state index in [9.17, 15) is 0 Å². The fraction of sp³-hybridized carbons (Fsp3) is 0.929. The maximum absolute atomic E-state index is 5.94. The van der Waals surface area contributed by atoms with E-state index in [4.69, 9.17) is 10.5 Å². The van der Waals surface area contributed by atoms with Gasteiger partial charge in [0.25, 0.3) is 0 Å². The van der Waals surface area contributed by atoms with Crippen LogP contribution in [0.3, 0.4) is 0 Å². The molecule has 0 amide bonds. The van der Waals surface area contributed by atoms with Crippen molar-refractivity contribution in [3.8, 4) is 0 Å². The third-order valence-corrected chi connectivity index (χ3v) is 4.55. The van der Waals surface area contributed by atoms with Gasteiger partial charge in [-0.1, -0.05) is 19.8 Å². The van der Waals surface area contributed by atoms with Crippen LogP contribution in [0.5, 0.6) is 0 Å². The quantitative estimate of drug-likeness (QED) is 0.322. The lowest BCUT2D eigenvalue weighted by molar-refractivity contribution is -0.168. The average molecular weight is 381 g/mol. The summed E-state index contributed by atoms with van der Waals surface area (Å²) in [4.78, 5) is 4.37. The van der Waals surface area contributed by atoms with Crippen LogP contribution in [0.15, 0.2) is 4.99 Å². The minimum absolute atomic E-state index is 0. The molecule has 19 heavy (non-hydrogen) atoms. The molecule has 5 heteroatoms. The number of hydrogen-bond donors (Lipinski definition) is 2. The van der Waals surface area contributed by atoms with Gasteiger partial charge in [0, 0.05) is 24.6 Å². The van der Waals surface area contributed by atoms with Gasteiger partial charge in [0.1, 0.15) is 0 Å². The monoisotopic (exact) mass is 381 g/mol. The normalized spacial score (nSPS) is 28.2. The lowest BCUT2D eigenvalue weighted by Gasteiger charge is -2.61. The van der Waals surface area contributed by atoms with Crippen molar-refractivity contribution in [3.63, 3.8) is 0 Å². The Kier molecular flexibility index (Phi) is 6.86. The first-order valence-corrected chi connectivity index (χ1v) is 7.41. The van der Waals surface area contributed by atoms with Gasteiger partial charge in [0.05, 0.1) is 6.10 Å². The van der Waals surface area contributed by atoms with Crippen LogP contribution in [0.4, 0.5) is 0 Å². The number of aliphatic imine (C=N–C) groups is 1. The van der Waals surface area contributed by atoms with Gasteiger partial charge in [-0.05, 0) is 32.6 Å². The molecule has 2 atom stereocenters. The van der Waals surface area contributed by atoms with E-state index in [1.807, 2.05) is 0 Å². The summed E-state index contributed by atoms with van der Waals surface area (Å²) < 4.78 is 5.83. The van der Waals surface area contributed by atoms with Gasteiger partial charge >= 0.3 is 0 Å². The smallest absolute Gasteiger partial charge is 0.188 e. The fourth-order valence-corrected chi connectivity index (χ4v) is 3.22. The highest BCUT2D eigenvalue weighted by Gasteiger charge is 2.59. The van der Waals surface area contributed by atoms with Crippen molar-refractivity contribution in [3.05, 3.63) is 0 Å². The molecule has 4 nitrogen and oxygen atoms in total. The minimum atomic E-state index is 0. The predicted molar refractivity (Wildman–Crippen MR) is 90.1 cm³/mol. The summed E-state index contributed by atoms with van der Waals surface area (Å²) in [6.07, 6.45) is 7.68. The van der Waals surface area contributed by atoms with Crippen LogP contribution in [0.1, 0.15) is 52.4 Å². The molecule has 2 aliphatic rings. The third kappa shape index (κ3) is 3.54. The number of guanidine groups is 1. The van der Waals surface area contributed by atoms with Gasteiger partial charge in [-0.3, -0.25) is 4.99 Å². The molecule has 2 rings (SSSR count). The molecule has 0 aliphatic heterocycles. The summed E-state index contributed by atoms with van der Waals surface area (Å²) in [6.45, 7) is 5.90. The Bertz CT molecular complexity index is 305. The SMILES string of the molecule is CCCCN=C(N)NC1CC(OCC)C12CCC2.I. The molecular formula is C14H28IN3O. The van der Waals surface area contributed by atoms with E-state index >= 15 is 0 Å². The number of nitrogens with one attached hydrogen (secondary N) is 1. The fourth-order valence-electron chi connectivity index (χ4n) is 3.22. The first kappa shape index (κ1) is 17.0. The van der Waals surface area contributed by atoms with Crippen LogP contribution in [-0.4, -0.2) is 31.3 Å². The standard InChI is InChI=1S/C14H27N3O.HI/c1-3-5-9-16-13(15)17-11-10-12(18-4-2)14(11)7-6-8-14;/h11-12H,3-10H2,1-2H3,(H3,15,16,17);1H.